The second-order valence-corrected chi connectivity index (χ2v) is 6.07. The standard InChI is InChI=1S/C18H27N3O4/c1-3-5-6-14(4-2)13-19-17(22)11-12-18(23)20-15-7-9-16(10-8-15)21(24)25/h7-10,14H,3-6,11-13H2,1-2H3,(H,19,22)(H,20,23)/t14-/m1/s1. The minimum atomic E-state index is -0.500. The predicted molar refractivity (Wildman–Crippen MR) is 97.3 cm³/mol. The number of hydrogen-bond donors (Lipinski definition) is 2. The van der Waals surface area contributed by atoms with Crippen molar-refractivity contribution in [2.24, 2.45) is 5.92 Å². The number of non-ortho nitro benzene ring substituents is 1. The number of hydrogen-bond acceptors (Lipinski definition) is 4. The van der Waals surface area contributed by atoms with Crippen molar-refractivity contribution >= 4 is 23.2 Å². The van der Waals surface area contributed by atoms with Crippen molar-refractivity contribution in [2.45, 2.75) is 52.4 Å². The summed E-state index contributed by atoms with van der Waals surface area (Å²) in [5, 5.41) is 16.1. The van der Waals surface area contributed by atoms with Gasteiger partial charge in [-0.15, -0.1) is 0 Å². The van der Waals surface area contributed by atoms with Crippen molar-refractivity contribution in [1.29, 1.82) is 0 Å². The van der Waals surface area contributed by atoms with E-state index >= 15 is 0 Å². The number of amides is 2. The van der Waals surface area contributed by atoms with Gasteiger partial charge in [0.05, 0.1) is 4.92 Å². The molecule has 2 N–H and O–H groups in total. The molecule has 7 heteroatoms. The molecule has 0 unspecified atom stereocenters. The first-order valence-corrected chi connectivity index (χ1v) is 8.77. The van der Waals surface area contributed by atoms with Crippen LogP contribution in [0.1, 0.15) is 52.4 Å². The Bertz CT molecular complexity index is 572. The predicted octanol–water partition coefficient (Wildman–Crippen LogP) is 3.65. The van der Waals surface area contributed by atoms with Crippen LogP contribution in [0.4, 0.5) is 11.4 Å². The summed E-state index contributed by atoms with van der Waals surface area (Å²) in [6.45, 7) is 4.91. The minimum absolute atomic E-state index is 0.0362. The summed E-state index contributed by atoms with van der Waals surface area (Å²) < 4.78 is 0. The van der Waals surface area contributed by atoms with Gasteiger partial charge in [-0.05, 0) is 24.5 Å². The van der Waals surface area contributed by atoms with Gasteiger partial charge in [0.1, 0.15) is 0 Å². The summed E-state index contributed by atoms with van der Waals surface area (Å²) in [6.07, 6.45) is 4.64. The molecule has 0 aliphatic heterocycles. The van der Waals surface area contributed by atoms with Crippen LogP contribution in [-0.4, -0.2) is 23.3 Å². The number of carbonyl (C=O) groups is 2. The second-order valence-electron chi connectivity index (χ2n) is 6.07. The summed E-state index contributed by atoms with van der Waals surface area (Å²) >= 11 is 0. The molecule has 0 heterocycles. The quantitative estimate of drug-likeness (QED) is 0.470. The van der Waals surface area contributed by atoms with Crippen LogP contribution in [0.2, 0.25) is 0 Å². The first kappa shape index (κ1) is 20.6. The Morgan fingerprint density at radius 3 is 2.32 bits per heavy atom. The van der Waals surface area contributed by atoms with E-state index in [1.165, 1.54) is 24.3 Å². The van der Waals surface area contributed by atoms with Crippen molar-refractivity contribution in [2.75, 3.05) is 11.9 Å². The molecule has 1 aromatic rings. The monoisotopic (exact) mass is 349 g/mol. The maximum Gasteiger partial charge on any atom is 0.269 e. The molecule has 138 valence electrons. The molecule has 0 fully saturated rings. The molecule has 25 heavy (non-hydrogen) atoms. The summed E-state index contributed by atoms with van der Waals surface area (Å²) in [4.78, 5) is 33.8. The van der Waals surface area contributed by atoms with E-state index in [4.69, 9.17) is 0 Å². The average Bonchev–Trinajstić information content (AvgIpc) is 2.60. The van der Waals surface area contributed by atoms with Gasteiger partial charge in [0.25, 0.3) is 5.69 Å². The number of rotatable bonds is 11. The Morgan fingerprint density at radius 2 is 1.76 bits per heavy atom. The third-order valence-corrected chi connectivity index (χ3v) is 4.07. The smallest absolute Gasteiger partial charge is 0.269 e. The highest BCUT2D eigenvalue weighted by molar-refractivity contribution is 5.93. The molecular formula is C18H27N3O4. The van der Waals surface area contributed by atoms with Gasteiger partial charge in [0.2, 0.25) is 11.8 Å². The van der Waals surface area contributed by atoms with Crippen LogP contribution in [-0.2, 0) is 9.59 Å². The minimum Gasteiger partial charge on any atom is -0.356 e. The fourth-order valence-corrected chi connectivity index (χ4v) is 2.41. The van der Waals surface area contributed by atoms with E-state index in [2.05, 4.69) is 24.5 Å². The van der Waals surface area contributed by atoms with Gasteiger partial charge in [-0.2, -0.15) is 0 Å². The fraction of sp³-hybridized carbons (Fsp3) is 0.556. The van der Waals surface area contributed by atoms with E-state index < -0.39 is 4.92 Å². The number of benzene rings is 1. The van der Waals surface area contributed by atoms with Crippen molar-refractivity contribution < 1.29 is 14.5 Å². The Labute approximate surface area is 148 Å². The van der Waals surface area contributed by atoms with E-state index in [1.54, 1.807) is 0 Å². The number of nitrogens with one attached hydrogen (secondary N) is 2. The Kier molecular flexibility index (Phi) is 9.21. The average molecular weight is 349 g/mol. The Morgan fingerprint density at radius 1 is 1.12 bits per heavy atom. The largest absolute Gasteiger partial charge is 0.356 e. The highest BCUT2D eigenvalue weighted by atomic mass is 16.6. The van der Waals surface area contributed by atoms with E-state index in [0.29, 0.717) is 18.2 Å². The van der Waals surface area contributed by atoms with Gasteiger partial charge in [-0.3, -0.25) is 19.7 Å². The van der Waals surface area contributed by atoms with Crippen molar-refractivity contribution in [1.82, 2.24) is 5.32 Å². The lowest BCUT2D eigenvalue weighted by Gasteiger charge is -2.15. The van der Waals surface area contributed by atoms with Crippen LogP contribution in [0.3, 0.4) is 0 Å². The van der Waals surface area contributed by atoms with Gasteiger partial charge >= 0.3 is 0 Å². The molecule has 1 rings (SSSR count). The van der Waals surface area contributed by atoms with Crippen molar-refractivity contribution in [3.63, 3.8) is 0 Å². The van der Waals surface area contributed by atoms with Gasteiger partial charge < -0.3 is 10.6 Å². The van der Waals surface area contributed by atoms with Crippen LogP contribution in [0.25, 0.3) is 0 Å². The molecule has 1 aromatic carbocycles. The molecule has 2 amide bonds. The first-order valence-electron chi connectivity index (χ1n) is 8.77. The van der Waals surface area contributed by atoms with Gasteiger partial charge in [-0.25, -0.2) is 0 Å². The van der Waals surface area contributed by atoms with Crippen LogP contribution < -0.4 is 10.6 Å². The van der Waals surface area contributed by atoms with Gasteiger partial charge in [0, 0.05) is 37.2 Å². The molecule has 0 spiro atoms. The molecule has 7 nitrogen and oxygen atoms in total. The van der Waals surface area contributed by atoms with E-state index in [9.17, 15) is 19.7 Å². The third-order valence-electron chi connectivity index (χ3n) is 4.07. The highest BCUT2D eigenvalue weighted by Crippen LogP contribution is 2.15. The fourth-order valence-electron chi connectivity index (χ4n) is 2.41. The zero-order chi connectivity index (χ0) is 18.7. The zero-order valence-electron chi connectivity index (χ0n) is 14.9. The topological polar surface area (TPSA) is 101 Å². The third kappa shape index (κ3) is 8.28. The molecule has 0 aliphatic carbocycles. The second kappa shape index (κ2) is 11.2. The van der Waals surface area contributed by atoms with Gasteiger partial charge in [-0.1, -0.05) is 33.1 Å². The summed E-state index contributed by atoms with van der Waals surface area (Å²) in [6, 6.07) is 5.58. The Hall–Kier alpha value is -2.44. The number of unbranched alkanes of at least 4 members (excludes halogenated alkanes) is 1. The summed E-state index contributed by atoms with van der Waals surface area (Å²) in [5.41, 5.74) is 0.438. The number of nitrogens with zero attached hydrogens (tertiary/aromatic N) is 1. The number of carbonyl (C=O) groups excluding carboxylic acids is 2. The van der Waals surface area contributed by atoms with Crippen LogP contribution in [0.15, 0.2) is 24.3 Å². The number of nitro benzene ring substituents is 1. The molecule has 0 saturated heterocycles. The normalized spacial score (nSPS) is 11.6. The van der Waals surface area contributed by atoms with Crippen LogP contribution in [0, 0.1) is 16.0 Å². The van der Waals surface area contributed by atoms with Crippen molar-refractivity contribution in [3.05, 3.63) is 34.4 Å². The lowest BCUT2D eigenvalue weighted by Crippen LogP contribution is -2.29. The molecule has 0 aromatic heterocycles. The summed E-state index contributed by atoms with van der Waals surface area (Å²) in [5.74, 6) is 0.0636. The van der Waals surface area contributed by atoms with E-state index in [0.717, 1.165) is 25.7 Å². The van der Waals surface area contributed by atoms with Crippen LogP contribution >= 0.6 is 0 Å². The SMILES string of the molecule is CCCC[C@@H](CC)CNC(=O)CCC(=O)Nc1ccc([N+](=O)[O-])cc1. The zero-order valence-corrected chi connectivity index (χ0v) is 14.9. The number of nitro groups is 1. The summed E-state index contributed by atoms with van der Waals surface area (Å²) in [7, 11) is 0. The lowest BCUT2D eigenvalue weighted by atomic mass is 9.99. The van der Waals surface area contributed by atoms with E-state index in [-0.39, 0.29) is 30.3 Å². The number of anilines is 1. The first-order chi connectivity index (χ1) is 12.0. The molecule has 1 atom stereocenters. The molecule has 0 saturated carbocycles. The molecule has 0 radical (unpaired) electrons. The Balaban J connectivity index is 2.30. The maximum absolute atomic E-state index is 11.8. The maximum atomic E-state index is 11.8. The molecule has 0 bridgehead atoms. The highest BCUT2D eigenvalue weighted by Gasteiger charge is 2.11. The van der Waals surface area contributed by atoms with Gasteiger partial charge in [0.15, 0.2) is 0 Å². The van der Waals surface area contributed by atoms with E-state index in [1.807, 2.05) is 0 Å². The van der Waals surface area contributed by atoms with Crippen LogP contribution in [0.5, 0.6) is 0 Å². The lowest BCUT2D eigenvalue weighted by molar-refractivity contribution is -0.384. The van der Waals surface area contributed by atoms with Crippen molar-refractivity contribution in [3.8, 4) is 0 Å². The molecular weight excluding hydrogens is 322 g/mol. The molecule has 0 aliphatic rings.